The molecule has 0 spiro atoms. The molecule has 2 unspecified atom stereocenters. The zero-order chi connectivity index (χ0) is 13.8. The fraction of sp³-hybridized carbons (Fsp3) is 0.917. The van der Waals surface area contributed by atoms with E-state index in [0.29, 0.717) is 0 Å². The molecule has 1 rings (SSSR count). The summed E-state index contributed by atoms with van der Waals surface area (Å²) in [5.74, 6) is -0.110. The summed E-state index contributed by atoms with van der Waals surface area (Å²) in [5, 5.41) is 0. The third kappa shape index (κ3) is 5.25. The SMILES string of the molecule is CN(CCC(F)(F)F)C(=O)CC1CCCCC1N. The van der Waals surface area contributed by atoms with Crippen molar-refractivity contribution in [3.05, 3.63) is 0 Å². The molecule has 2 atom stereocenters. The first kappa shape index (κ1) is 15.3. The Bertz CT molecular complexity index is 281. The quantitative estimate of drug-likeness (QED) is 0.848. The van der Waals surface area contributed by atoms with Crippen molar-refractivity contribution in [3.63, 3.8) is 0 Å². The smallest absolute Gasteiger partial charge is 0.345 e. The van der Waals surface area contributed by atoms with E-state index >= 15 is 0 Å². The summed E-state index contributed by atoms with van der Waals surface area (Å²) in [5.41, 5.74) is 5.92. The van der Waals surface area contributed by atoms with Crippen LogP contribution in [0.4, 0.5) is 13.2 Å². The van der Waals surface area contributed by atoms with Crippen LogP contribution in [0.5, 0.6) is 0 Å². The Kier molecular flexibility index (Phi) is 5.44. The second-order valence-corrected chi connectivity index (χ2v) is 5.09. The Hall–Kier alpha value is -0.780. The Morgan fingerprint density at radius 1 is 1.33 bits per heavy atom. The highest BCUT2D eigenvalue weighted by Crippen LogP contribution is 2.26. The summed E-state index contributed by atoms with van der Waals surface area (Å²) in [6, 6.07) is 0.0127. The van der Waals surface area contributed by atoms with Crippen molar-refractivity contribution in [1.29, 1.82) is 0 Å². The van der Waals surface area contributed by atoms with Gasteiger partial charge in [-0.1, -0.05) is 12.8 Å². The van der Waals surface area contributed by atoms with Crippen LogP contribution < -0.4 is 5.73 Å². The standard InChI is InChI=1S/C12H21F3N2O/c1-17(7-6-12(13,14)15)11(18)8-9-4-2-3-5-10(9)16/h9-10H,2-8,16H2,1H3. The molecule has 106 valence electrons. The lowest BCUT2D eigenvalue weighted by atomic mass is 9.83. The van der Waals surface area contributed by atoms with Crippen LogP contribution in [0.15, 0.2) is 0 Å². The van der Waals surface area contributed by atoms with Crippen molar-refractivity contribution in [1.82, 2.24) is 4.90 Å². The van der Waals surface area contributed by atoms with Crippen molar-refractivity contribution >= 4 is 5.91 Å². The molecule has 1 amide bonds. The van der Waals surface area contributed by atoms with E-state index in [1.165, 1.54) is 7.05 Å². The summed E-state index contributed by atoms with van der Waals surface area (Å²) in [4.78, 5) is 12.9. The first-order valence-corrected chi connectivity index (χ1v) is 6.36. The highest BCUT2D eigenvalue weighted by molar-refractivity contribution is 5.76. The molecule has 3 nitrogen and oxygen atoms in total. The minimum Gasteiger partial charge on any atom is -0.345 e. The van der Waals surface area contributed by atoms with E-state index in [-0.39, 0.29) is 30.8 Å². The predicted molar refractivity (Wildman–Crippen MR) is 62.9 cm³/mol. The number of amides is 1. The predicted octanol–water partition coefficient (Wildman–Crippen LogP) is 2.30. The summed E-state index contributed by atoms with van der Waals surface area (Å²) in [7, 11) is 1.42. The Morgan fingerprint density at radius 2 is 1.94 bits per heavy atom. The second-order valence-electron chi connectivity index (χ2n) is 5.09. The van der Waals surface area contributed by atoms with Crippen LogP contribution in [0.1, 0.15) is 38.5 Å². The van der Waals surface area contributed by atoms with Crippen LogP contribution in [-0.4, -0.2) is 36.6 Å². The van der Waals surface area contributed by atoms with Crippen LogP contribution >= 0.6 is 0 Å². The van der Waals surface area contributed by atoms with Crippen LogP contribution in [0.3, 0.4) is 0 Å². The van der Waals surface area contributed by atoms with Gasteiger partial charge in [0.15, 0.2) is 0 Å². The molecule has 18 heavy (non-hydrogen) atoms. The second kappa shape index (κ2) is 6.41. The zero-order valence-corrected chi connectivity index (χ0v) is 10.7. The topological polar surface area (TPSA) is 46.3 Å². The lowest BCUT2D eigenvalue weighted by Crippen LogP contribution is -2.38. The van der Waals surface area contributed by atoms with Gasteiger partial charge in [0.2, 0.25) is 5.91 Å². The average molecular weight is 266 g/mol. The van der Waals surface area contributed by atoms with Crippen LogP contribution in [0, 0.1) is 5.92 Å². The minimum absolute atomic E-state index is 0.0127. The Labute approximate surface area is 106 Å². The van der Waals surface area contributed by atoms with Crippen LogP contribution in [0.25, 0.3) is 0 Å². The van der Waals surface area contributed by atoms with Gasteiger partial charge < -0.3 is 10.6 Å². The molecule has 6 heteroatoms. The molecule has 0 aromatic carbocycles. The van der Waals surface area contributed by atoms with Gasteiger partial charge >= 0.3 is 6.18 Å². The van der Waals surface area contributed by atoms with E-state index in [1.54, 1.807) is 0 Å². The van der Waals surface area contributed by atoms with E-state index in [4.69, 9.17) is 5.73 Å². The number of hydrogen-bond acceptors (Lipinski definition) is 2. The van der Waals surface area contributed by atoms with Gasteiger partial charge in [0, 0.05) is 26.1 Å². The number of nitrogens with two attached hydrogens (primary N) is 1. The summed E-state index contributed by atoms with van der Waals surface area (Å²) in [6.07, 6.45) is -0.949. The normalized spacial score (nSPS) is 24.9. The maximum Gasteiger partial charge on any atom is 0.390 e. The van der Waals surface area contributed by atoms with Crippen molar-refractivity contribution in [2.24, 2.45) is 11.7 Å². The monoisotopic (exact) mass is 266 g/mol. The van der Waals surface area contributed by atoms with Crippen molar-refractivity contribution in [2.45, 2.75) is 50.7 Å². The lowest BCUT2D eigenvalue weighted by molar-refractivity contribution is -0.144. The highest BCUT2D eigenvalue weighted by Gasteiger charge is 2.29. The first-order chi connectivity index (χ1) is 8.29. The van der Waals surface area contributed by atoms with E-state index in [0.717, 1.165) is 30.6 Å². The molecule has 0 aromatic heterocycles. The van der Waals surface area contributed by atoms with Gasteiger partial charge in [0.1, 0.15) is 0 Å². The fourth-order valence-corrected chi connectivity index (χ4v) is 2.29. The van der Waals surface area contributed by atoms with Crippen molar-refractivity contribution in [3.8, 4) is 0 Å². The molecular formula is C12H21F3N2O. The Morgan fingerprint density at radius 3 is 2.50 bits per heavy atom. The third-order valence-corrected chi connectivity index (χ3v) is 3.56. The molecule has 0 aromatic rings. The van der Waals surface area contributed by atoms with E-state index < -0.39 is 12.6 Å². The fourth-order valence-electron chi connectivity index (χ4n) is 2.29. The Balaban J connectivity index is 2.35. The van der Waals surface area contributed by atoms with Gasteiger partial charge in [-0.3, -0.25) is 4.79 Å². The number of nitrogens with zero attached hydrogens (tertiary/aromatic N) is 1. The summed E-state index contributed by atoms with van der Waals surface area (Å²) < 4.78 is 36.1. The number of alkyl halides is 3. The molecule has 1 aliphatic carbocycles. The molecule has 0 radical (unpaired) electrons. The van der Waals surface area contributed by atoms with Crippen LogP contribution in [0.2, 0.25) is 0 Å². The summed E-state index contributed by atoms with van der Waals surface area (Å²) >= 11 is 0. The molecule has 2 N–H and O–H groups in total. The number of carbonyl (C=O) groups excluding carboxylic acids is 1. The molecule has 1 aliphatic rings. The highest BCUT2D eigenvalue weighted by atomic mass is 19.4. The lowest BCUT2D eigenvalue weighted by Gasteiger charge is -2.29. The van der Waals surface area contributed by atoms with E-state index in [1.807, 2.05) is 0 Å². The molecule has 0 bridgehead atoms. The molecule has 1 saturated carbocycles. The number of hydrogen-bond donors (Lipinski definition) is 1. The number of halogens is 3. The van der Waals surface area contributed by atoms with Gasteiger partial charge in [-0.2, -0.15) is 13.2 Å². The minimum atomic E-state index is -4.21. The van der Waals surface area contributed by atoms with E-state index in [9.17, 15) is 18.0 Å². The molecule has 0 aliphatic heterocycles. The molecule has 1 fully saturated rings. The largest absolute Gasteiger partial charge is 0.390 e. The maximum atomic E-state index is 12.0. The van der Waals surface area contributed by atoms with Crippen LogP contribution in [-0.2, 0) is 4.79 Å². The molecule has 0 saturated heterocycles. The number of rotatable bonds is 4. The molecule has 0 heterocycles. The maximum absolute atomic E-state index is 12.0. The third-order valence-electron chi connectivity index (χ3n) is 3.56. The average Bonchev–Trinajstić information content (AvgIpc) is 2.28. The van der Waals surface area contributed by atoms with Gasteiger partial charge in [0.25, 0.3) is 0 Å². The van der Waals surface area contributed by atoms with Gasteiger partial charge in [-0.25, -0.2) is 0 Å². The van der Waals surface area contributed by atoms with Gasteiger partial charge in [-0.05, 0) is 18.8 Å². The van der Waals surface area contributed by atoms with Gasteiger partial charge in [0.05, 0.1) is 6.42 Å². The zero-order valence-electron chi connectivity index (χ0n) is 10.7. The van der Waals surface area contributed by atoms with Crippen molar-refractivity contribution in [2.75, 3.05) is 13.6 Å². The van der Waals surface area contributed by atoms with Gasteiger partial charge in [-0.15, -0.1) is 0 Å². The molecular weight excluding hydrogens is 245 g/mol. The van der Waals surface area contributed by atoms with E-state index in [2.05, 4.69) is 0 Å². The number of carbonyl (C=O) groups is 1. The summed E-state index contributed by atoms with van der Waals surface area (Å²) in [6.45, 7) is -0.274. The first-order valence-electron chi connectivity index (χ1n) is 6.36. The van der Waals surface area contributed by atoms with Crippen molar-refractivity contribution < 1.29 is 18.0 Å².